The fourth-order valence-electron chi connectivity index (χ4n) is 2.59. The smallest absolute Gasteiger partial charge is 0.279 e. The molecule has 4 aromatic rings. The average molecular weight is 397 g/mol. The number of rotatable bonds is 4. The van der Waals surface area contributed by atoms with Gasteiger partial charge in [0.05, 0.1) is 5.69 Å². The molecule has 5 nitrogen and oxygen atoms in total. The monoisotopic (exact) mass is 397 g/mol. The number of carbonyl (C=O) groups excluding carboxylic acids is 1. The second-order valence-electron chi connectivity index (χ2n) is 5.91. The molecule has 0 aliphatic rings. The zero-order valence-corrected chi connectivity index (χ0v) is 15.4. The number of oxazole rings is 1. The van der Waals surface area contributed by atoms with Gasteiger partial charge >= 0.3 is 0 Å². The van der Waals surface area contributed by atoms with Crippen molar-refractivity contribution >= 4 is 22.4 Å². The number of hydrogen-bond donors (Lipinski definition) is 1. The van der Waals surface area contributed by atoms with E-state index in [1.165, 1.54) is 17.4 Å². The van der Waals surface area contributed by atoms with Crippen molar-refractivity contribution in [3.8, 4) is 22.7 Å². The molecule has 0 bridgehead atoms. The number of aryl methyl sites for hydroxylation is 1. The molecule has 0 fully saturated rings. The third-order valence-corrected chi connectivity index (χ3v) is 4.73. The van der Waals surface area contributed by atoms with Crippen LogP contribution in [0.1, 0.15) is 16.2 Å². The minimum Gasteiger partial charge on any atom is -0.441 e. The van der Waals surface area contributed by atoms with Crippen molar-refractivity contribution in [1.29, 1.82) is 0 Å². The van der Waals surface area contributed by atoms with Crippen molar-refractivity contribution < 1.29 is 18.0 Å². The lowest BCUT2D eigenvalue weighted by molar-refractivity contribution is 0.102. The van der Waals surface area contributed by atoms with Gasteiger partial charge in [-0.2, -0.15) is 0 Å². The van der Waals surface area contributed by atoms with E-state index in [-0.39, 0.29) is 5.69 Å². The molecule has 28 heavy (non-hydrogen) atoms. The number of aromatic nitrogens is 2. The van der Waals surface area contributed by atoms with Crippen LogP contribution in [0.2, 0.25) is 0 Å². The molecular formula is C20H13F2N3O2S. The van der Waals surface area contributed by atoms with Gasteiger partial charge in [0.15, 0.2) is 22.5 Å². The van der Waals surface area contributed by atoms with E-state index in [2.05, 4.69) is 15.3 Å². The van der Waals surface area contributed by atoms with Crippen LogP contribution in [0.3, 0.4) is 0 Å². The molecule has 0 unspecified atom stereocenters. The summed E-state index contributed by atoms with van der Waals surface area (Å²) in [5.74, 6) is -1.61. The zero-order chi connectivity index (χ0) is 19.7. The van der Waals surface area contributed by atoms with Gasteiger partial charge in [-0.15, -0.1) is 11.3 Å². The Morgan fingerprint density at radius 3 is 2.57 bits per heavy atom. The van der Waals surface area contributed by atoms with Gasteiger partial charge in [0.1, 0.15) is 5.76 Å². The Morgan fingerprint density at radius 1 is 1.04 bits per heavy atom. The van der Waals surface area contributed by atoms with Crippen LogP contribution < -0.4 is 5.32 Å². The van der Waals surface area contributed by atoms with Crippen molar-refractivity contribution in [1.82, 2.24) is 9.97 Å². The number of nitrogens with one attached hydrogen (secondary N) is 1. The summed E-state index contributed by atoms with van der Waals surface area (Å²) >= 11 is 1.17. The molecule has 0 saturated carbocycles. The molecule has 0 spiro atoms. The summed E-state index contributed by atoms with van der Waals surface area (Å²) in [4.78, 5) is 21.1. The summed E-state index contributed by atoms with van der Waals surface area (Å²) in [6.07, 6.45) is 0. The first-order chi connectivity index (χ1) is 13.5. The van der Waals surface area contributed by atoms with E-state index in [1.54, 1.807) is 12.3 Å². The molecule has 2 aromatic carbocycles. The van der Waals surface area contributed by atoms with Crippen molar-refractivity contribution in [2.45, 2.75) is 6.92 Å². The molecule has 2 aromatic heterocycles. The summed E-state index contributed by atoms with van der Waals surface area (Å²) in [6, 6.07) is 12.8. The number of nitrogens with zero attached hydrogens (tertiary/aromatic N) is 2. The molecule has 0 aliphatic carbocycles. The number of carbonyl (C=O) groups is 1. The summed E-state index contributed by atoms with van der Waals surface area (Å²) in [5, 5.41) is 4.62. The van der Waals surface area contributed by atoms with Crippen molar-refractivity contribution in [3.63, 3.8) is 0 Å². The van der Waals surface area contributed by atoms with E-state index < -0.39 is 17.5 Å². The Kier molecular flexibility index (Phi) is 4.70. The highest BCUT2D eigenvalue weighted by Crippen LogP contribution is 2.27. The number of amides is 1. The Balaban J connectivity index is 1.54. The van der Waals surface area contributed by atoms with E-state index in [1.807, 2.05) is 30.3 Å². The van der Waals surface area contributed by atoms with E-state index in [4.69, 9.17) is 4.42 Å². The van der Waals surface area contributed by atoms with E-state index in [0.29, 0.717) is 28.0 Å². The first-order valence-corrected chi connectivity index (χ1v) is 9.14. The predicted molar refractivity (Wildman–Crippen MR) is 102 cm³/mol. The van der Waals surface area contributed by atoms with Gasteiger partial charge in [-0.05, 0) is 37.3 Å². The summed E-state index contributed by atoms with van der Waals surface area (Å²) in [6.45, 7) is 1.66. The van der Waals surface area contributed by atoms with Crippen LogP contribution in [0, 0.1) is 18.6 Å². The SMILES string of the molecule is Cc1oc(-c2ccccc2)nc1C(=O)Nc1nc(-c2ccc(F)c(F)c2)cs1. The highest BCUT2D eigenvalue weighted by molar-refractivity contribution is 7.14. The van der Waals surface area contributed by atoms with Crippen molar-refractivity contribution in [2.24, 2.45) is 0 Å². The van der Waals surface area contributed by atoms with Crippen LogP contribution in [-0.4, -0.2) is 15.9 Å². The fourth-order valence-corrected chi connectivity index (χ4v) is 3.30. The average Bonchev–Trinajstić information content (AvgIpc) is 3.31. The summed E-state index contributed by atoms with van der Waals surface area (Å²) in [7, 11) is 0. The second-order valence-corrected chi connectivity index (χ2v) is 6.77. The highest BCUT2D eigenvalue weighted by atomic mass is 32.1. The van der Waals surface area contributed by atoms with Crippen LogP contribution in [0.5, 0.6) is 0 Å². The maximum Gasteiger partial charge on any atom is 0.279 e. The number of benzene rings is 2. The second kappa shape index (κ2) is 7.32. The van der Waals surface area contributed by atoms with Crippen LogP contribution in [0.4, 0.5) is 13.9 Å². The van der Waals surface area contributed by atoms with E-state index in [0.717, 1.165) is 17.7 Å². The molecule has 1 N–H and O–H groups in total. The Labute approximate surface area is 162 Å². The molecule has 1 amide bonds. The Bertz CT molecular complexity index is 1160. The summed E-state index contributed by atoms with van der Waals surface area (Å²) < 4.78 is 32.1. The van der Waals surface area contributed by atoms with Gasteiger partial charge in [0.2, 0.25) is 5.89 Å². The Morgan fingerprint density at radius 2 is 1.82 bits per heavy atom. The van der Waals surface area contributed by atoms with Crippen LogP contribution >= 0.6 is 11.3 Å². The standard InChI is InChI=1S/C20H13F2N3O2S/c1-11-17(24-19(27-11)12-5-3-2-4-6-12)18(26)25-20-23-16(10-28-20)13-7-8-14(21)15(22)9-13/h2-10H,1H3,(H,23,25,26). The van der Waals surface area contributed by atoms with E-state index in [9.17, 15) is 13.6 Å². The Hall–Kier alpha value is -3.39. The third-order valence-electron chi connectivity index (χ3n) is 3.97. The summed E-state index contributed by atoms with van der Waals surface area (Å²) in [5.41, 5.74) is 1.77. The van der Waals surface area contributed by atoms with Crippen LogP contribution in [-0.2, 0) is 0 Å². The zero-order valence-electron chi connectivity index (χ0n) is 14.6. The van der Waals surface area contributed by atoms with Gasteiger partial charge in [-0.3, -0.25) is 10.1 Å². The molecule has 0 aliphatic heterocycles. The number of halogens is 2. The minimum absolute atomic E-state index is 0.156. The minimum atomic E-state index is -0.956. The lowest BCUT2D eigenvalue weighted by atomic mass is 10.2. The molecule has 0 radical (unpaired) electrons. The van der Waals surface area contributed by atoms with Crippen LogP contribution in [0.15, 0.2) is 58.3 Å². The third kappa shape index (κ3) is 3.54. The first kappa shape index (κ1) is 18.0. The van der Waals surface area contributed by atoms with Gasteiger partial charge in [0, 0.05) is 16.5 Å². The first-order valence-electron chi connectivity index (χ1n) is 8.26. The quantitative estimate of drug-likeness (QED) is 0.507. The normalized spacial score (nSPS) is 10.8. The largest absolute Gasteiger partial charge is 0.441 e. The molecule has 0 saturated heterocycles. The highest BCUT2D eigenvalue weighted by Gasteiger charge is 2.19. The topological polar surface area (TPSA) is 68.0 Å². The predicted octanol–water partition coefficient (Wildman–Crippen LogP) is 5.30. The van der Waals surface area contributed by atoms with Gasteiger partial charge in [0.25, 0.3) is 5.91 Å². The molecule has 2 heterocycles. The van der Waals surface area contributed by atoms with Gasteiger partial charge in [-0.25, -0.2) is 18.7 Å². The van der Waals surface area contributed by atoms with E-state index >= 15 is 0 Å². The maximum absolute atomic E-state index is 13.4. The van der Waals surface area contributed by atoms with Crippen LogP contribution in [0.25, 0.3) is 22.7 Å². The molecular weight excluding hydrogens is 384 g/mol. The lowest BCUT2D eigenvalue weighted by Gasteiger charge is -1.99. The van der Waals surface area contributed by atoms with Crippen molar-refractivity contribution in [2.75, 3.05) is 5.32 Å². The van der Waals surface area contributed by atoms with Crippen molar-refractivity contribution in [3.05, 3.63) is 77.0 Å². The lowest BCUT2D eigenvalue weighted by Crippen LogP contribution is -2.13. The fraction of sp³-hybridized carbons (Fsp3) is 0.0500. The molecule has 0 atom stereocenters. The molecule has 8 heteroatoms. The van der Waals surface area contributed by atoms with Gasteiger partial charge in [-0.1, -0.05) is 18.2 Å². The number of anilines is 1. The molecule has 140 valence electrons. The number of thiazole rings is 1. The maximum atomic E-state index is 13.4. The molecule has 4 rings (SSSR count). The number of hydrogen-bond acceptors (Lipinski definition) is 5. The van der Waals surface area contributed by atoms with Gasteiger partial charge < -0.3 is 4.42 Å².